The molecule has 2 rings (SSSR count). The van der Waals surface area contributed by atoms with Gasteiger partial charge in [-0.15, -0.1) is 11.3 Å². The van der Waals surface area contributed by atoms with Gasteiger partial charge in [-0.25, -0.2) is 0 Å². The molecular weight excluding hydrogens is 262 g/mol. The van der Waals surface area contributed by atoms with E-state index in [0.717, 1.165) is 22.2 Å². The van der Waals surface area contributed by atoms with Crippen LogP contribution in [0.1, 0.15) is 35.4 Å². The number of thiophene rings is 1. The highest BCUT2D eigenvalue weighted by Gasteiger charge is 2.18. The molecule has 1 aromatic rings. The molecule has 0 aromatic carbocycles. The van der Waals surface area contributed by atoms with Gasteiger partial charge in [-0.2, -0.15) is 0 Å². The van der Waals surface area contributed by atoms with Crippen molar-refractivity contribution in [2.45, 2.75) is 31.7 Å². The number of carbonyl (C=O) groups excluding carboxylic acids is 1. The molecule has 1 amide bonds. The van der Waals surface area contributed by atoms with E-state index in [9.17, 15) is 4.79 Å². The van der Waals surface area contributed by atoms with E-state index in [1.807, 2.05) is 11.4 Å². The molecule has 0 atom stereocenters. The van der Waals surface area contributed by atoms with Crippen LogP contribution < -0.4 is 5.32 Å². The Hall–Kier alpha value is -0.350. The molecule has 4 heteroatoms. The van der Waals surface area contributed by atoms with Crippen LogP contribution in [0, 0.1) is 0 Å². The lowest BCUT2D eigenvalue weighted by Crippen LogP contribution is -2.31. The van der Waals surface area contributed by atoms with Gasteiger partial charge in [-0.1, -0.05) is 12.8 Å². The summed E-state index contributed by atoms with van der Waals surface area (Å²) in [6.45, 7) is 0. The average Bonchev–Trinajstić information content (AvgIpc) is 2.75. The van der Waals surface area contributed by atoms with Crippen molar-refractivity contribution in [2.75, 3.05) is 0 Å². The third-order valence-electron chi connectivity index (χ3n) is 2.48. The van der Waals surface area contributed by atoms with Crippen molar-refractivity contribution in [3.8, 4) is 0 Å². The van der Waals surface area contributed by atoms with E-state index < -0.39 is 0 Å². The second-order valence-corrected chi connectivity index (χ2v) is 5.41. The highest BCUT2D eigenvalue weighted by Crippen LogP contribution is 2.22. The maximum atomic E-state index is 11.7. The van der Waals surface area contributed by atoms with Gasteiger partial charge in [0.05, 0.1) is 4.88 Å². The minimum Gasteiger partial charge on any atom is -0.349 e. The minimum absolute atomic E-state index is 0.0765. The summed E-state index contributed by atoms with van der Waals surface area (Å²) in [6.07, 6.45) is 4.77. The van der Waals surface area contributed by atoms with Crippen LogP contribution in [0.5, 0.6) is 0 Å². The fourth-order valence-corrected chi connectivity index (χ4v) is 3.09. The fourth-order valence-electron chi connectivity index (χ4n) is 1.76. The first-order chi connectivity index (χ1) is 6.75. The maximum absolute atomic E-state index is 11.7. The predicted molar refractivity (Wildman–Crippen MR) is 61.7 cm³/mol. The van der Waals surface area contributed by atoms with Gasteiger partial charge in [-0.05, 0) is 34.8 Å². The molecule has 0 radical (unpaired) electrons. The molecule has 0 bridgehead atoms. The molecule has 1 aromatic heterocycles. The first-order valence-electron chi connectivity index (χ1n) is 4.80. The van der Waals surface area contributed by atoms with Crippen LogP contribution in [0.4, 0.5) is 0 Å². The second-order valence-electron chi connectivity index (χ2n) is 3.58. The Labute approximate surface area is 95.8 Å². The number of hydrogen-bond donors (Lipinski definition) is 1. The summed E-state index contributed by atoms with van der Waals surface area (Å²) in [7, 11) is 0. The van der Waals surface area contributed by atoms with Gasteiger partial charge in [0.2, 0.25) is 0 Å². The number of carbonyl (C=O) groups is 1. The second kappa shape index (κ2) is 4.45. The van der Waals surface area contributed by atoms with E-state index >= 15 is 0 Å². The zero-order valence-electron chi connectivity index (χ0n) is 7.75. The van der Waals surface area contributed by atoms with Crippen LogP contribution in [-0.4, -0.2) is 11.9 Å². The van der Waals surface area contributed by atoms with Crippen molar-refractivity contribution < 1.29 is 4.79 Å². The molecule has 1 heterocycles. The number of halogens is 1. The lowest BCUT2D eigenvalue weighted by Gasteiger charge is -2.10. The summed E-state index contributed by atoms with van der Waals surface area (Å²) in [5, 5.41) is 4.99. The number of amides is 1. The van der Waals surface area contributed by atoms with Crippen LogP contribution in [-0.2, 0) is 0 Å². The summed E-state index contributed by atoms with van der Waals surface area (Å²) in [4.78, 5) is 12.5. The Morgan fingerprint density at radius 1 is 1.50 bits per heavy atom. The van der Waals surface area contributed by atoms with Gasteiger partial charge in [-0.3, -0.25) is 4.79 Å². The third kappa shape index (κ3) is 2.36. The van der Waals surface area contributed by atoms with E-state index in [1.165, 1.54) is 24.2 Å². The number of nitrogens with one attached hydrogen (secondary N) is 1. The van der Waals surface area contributed by atoms with Crippen molar-refractivity contribution in [3.05, 3.63) is 20.8 Å². The van der Waals surface area contributed by atoms with Crippen LogP contribution in [0.15, 0.2) is 15.9 Å². The lowest BCUT2D eigenvalue weighted by molar-refractivity contribution is 0.0942. The molecule has 0 saturated heterocycles. The molecule has 0 aliphatic heterocycles. The van der Waals surface area contributed by atoms with E-state index in [0.29, 0.717) is 6.04 Å². The molecule has 1 N–H and O–H groups in total. The molecule has 0 spiro atoms. The van der Waals surface area contributed by atoms with Gasteiger partial charge >= 0.3 is 0 Å². The summed E-state index contributed by atoms with van der Waals surface area (Å²) >= 11 is 4.83. The summed E-state index contributed by atoms with van der Waals surface area (Å²) in [5.74, 6) is 0.0765. The van der Waals surface area contributed by atoms with Crippen LogP contribution >= 0.6 is 27.3 Å². The molecule has 76 valence electrons. The average molecular weight is 274 g/mol. The quantitative estimate of drug-likeness (QED) is 0.881. The van der Waals surface area contributed by atoms with Gasteiger partial charge in [0.15, 0.2) is 0 Å². The van der Waals surface area contributed by atoms with E-state index in [1.54, 1.807) is 0 Å². The van der Waals surface area contributed by atoms with E-state index in [2.05, 4.69) is 21.2 Å². The topological polar surface area (TPSA) is 29.1 Å². The van der Waals surface area contributed by atoms with Crippen molar-refractivity contribution >= 4 is 33.2 Å². The Kier molecular flexibility index (Phi) is 3.23. The standard InChI is InChI=1S/C10H12BrNOS/c11-7-5-9(14-6-7)10(13)12-8-3-1-2-4-8/h5-6,8H,1-4H2,(H,12,13). The van der Waals surface area contributed by atoms with Crippen LogP contribution in [0.3, 0.4) is 0 Å². The highest BCUT2D eigenvalue weighted by atomic mass is 79.9. The highest BCUT2D eigenvalue weighted by molar-refractivity contribution is 9.10. The summed E-state index contributed by atoms with van der Waals surface area (Å²) < 4.78 is 0.985. The summed E-state index contributed by atoms with van der Waals surface area (Å²) in [5.41, 5.74) is 0. The molecule has 1 saturated carbocycles. The molecule has 0 unspecified atom stereocenters. The zero-order chi connectivity index (χ0) is 9.97. The molecule has 1 aliphatic rings. The Balaban J connectivity index is 1.95. The number of rotatable bonds is 2. The van der Waals surface area contributed by atoms with Crippen LogP contribution in [0.2, 0.25) is 0 Å². The van der Waals surface area contributed by atoms with Gasteiger partial charge < -0.3 is 5.32 Å². The first kappa shape index (κ1) is 10.2. The largest absolute Gasteiger partial charge is 0.349 e. The molecule has 14 heavy (non-hydrogen) atoms. The van der Waals surface area contributed by atoms with Crippen molar-refractivity contribution in [1.82, 2.24) is 5.32 Å². The number of hydrogen-bond acceptors (Lipinski definition) is 2. The Morgan fingerprint density at radius 3 is 2.79 bits per heavy atom. The summed E-state index contributed by atoms with van der Waals surface area (Å²) in [6, 6.07) is 2.28. The van der Waals surface area contributed by atoms with Gasteiger partial charge in [0, 0.05) is 15.9 Å². The lowest BCUT2D eigenvalue weighted by atomic mass is 10.2. The molecule has 1 fully saturated rings. The van der Waals surface area contributed by atoms with Crippen LogP contribution in [0.25, 0.3) is 0 Å². The predicted octanol–water partition coefficient (Wildman–Crippen LogP) is 3.18. The molecule has 1 aliphatic carbocycles. The third-order valence-corrected chi connectivity index (χ3v) is 4.17. The SMILES string of the molecule is O=C(NC1CCCC1)c1cc(Br)cs1. The maximum Gasteiger partial charge on any atom is 0.261 e. The van der Waals surface area contributed by atoms with Gasteiger partial charge in [0.25, 0.3) is 5.91 Å². The first-order valence-corrected chi connectivity index (χ1v) is 6.48. The van der Waals surface area contributed by atoms with Gasteiger partial charge in [0.1, 0.15) is 0 Å². The monoisotopic (exact) mass is 273 g/mol. The van der Waals surface area contributed by atoms with Crippen molar-refractivity contribution in [3.63, 3.8) is 0 Å². The van der Waals surface area contributed by atoms with Crippen molar-refractivity contribution in [1.29, 1.82) is 0 Å². The fraction of sp³-hybridized carbons (Fsp3) is 0.500. The minimum atomic E-state index is 0.0765. The normalized spacial score (nSPS) is 17.2. The molecular formula is C10H12BrNOS. The smallest absolute Gasteiger partial charge is 0.261 e. The Morgan fingerprint density at radius 2 is 2.21 bits per heavy atom. The van der Waals surface area contributed by atoms with E-state index in [4.69, 9.17) is 0 Å². The van der Waals surface area contributed by atoms with Crippen molar-refractivity contribution in [2.24, 2.45) is 0 Å². The molecule has 2 nitrogen and oxygen atoms in total. The Bertz CT molecular complexity index is 331. The zero-order valence-corrected chi connectivity index (χ0v) is 10.2. The van der Waals surface area contributed by atoms with E-state index in [-0.39, 0.29) is 5.91 Å².